The molecule has 0 bridgehead atoms. The van der Waals surface area contributed by atoms with Crippen LogP contribution in [0.2, 0.25) is 0 Å². The average molecular weight is 429 g/mol. The maximum absolute atomic E-state index is 5.62. The molecular weight excluding hydrogens is 407 g/mol. The van der Waals surface area contributed by atoms with Gasteiger partial charge >= 0.3 is 0 Å². The van der Waals surface area contributed by atoms with Crippen LogP contribution in [-0.2, 0) is 0 Å². The topological polar surface area (TPSA) is 38.5 Å². The minimum Gasteiger partial charge on any atom is -0.490 e. The van der Waals surface area contributed by atoms with E-state index in [2.05, 4.69) is 43.3 Å². The largest absolute Gasteiger partial charge is 0.490 e. The number of likely N-dealkylation sites (N-methyl/N-ethyl adjacent to an activating group) is 1. The summed E-state index contributed by atoms with van der Waals surface area (Å²) in [5, 5.41) is 0. The van der Waals surface area contributed by atoms with E-state index < -0.39 is 0 Å². The van der Waals surface area contributed by atoms with Crippen LogP contribution in [0, 0.1) is 0 Å². The highest BCUT2D eigenvalue weighted by Gasteiger charge is 2.07. The fourth-order valence-electron chi connectivity index (χ4n) is 1.40. The van der Waals surface area contributed by atoms with E-state index in [-0.39, 0.29) is 0 Å². The Morgan fingerprint density at radius 3 is 2.15 bits per heavy atom. The summed E-state index contributed by atoms with van der Waals surface area (Å²) in [4.78, 5) is 2.10. The fraction of sp³-hybridized carbons (Fsp3) is 0.429. The second-order valence-electron chi connectivity index (χ2n) is 4.55. The first kappa shape index (κ1) is 19.8. The first-order valence-corrected chi connectivity index (χ1v) is 8.12. The maximum atomic E-state index is 5.62. The minimum atomic E-state index is 0.462. The molecule has 0 atom stereocenters. The molecule has 1 rings (SSSR count). The third-order valence-electron chi connectivity index (χ3n) is 1.93. The number of rotatable bonds is 5. The smallest absolute Gasteiger partial charge is 0.147 e. The van der Waals surface area contributed by atoms with Gasteiger partial charge in [-0.1, -0.05) is 12.2 Å². The van der Waals surface area contributed by atoms with Crippen LogP contribution in [0.3, 0.4) is 0 Å². The normalized spacial score (nSPS) is 9.95. The summed E-state index contributed by atoms with van der Waals surface area (Å²) in [6, 6.07) is 3.57. The summed E-state index contributed by atoms with van der Waals surface area (Å²) in [6.07, 6.45) is 0. The molecule has 1 aromatic rings. The average Bonchev–Trinajstić information content (AvgIpc) is 2.26. The Kier molecular flexibility index (Phi) is 10.4. The number of hydrogen-bond acceptors (Lipinski definition) is 3. The van der Waals surface area contributed by atoms with E-state index in [1.807, 2.05) is 21.0 Å². The summed E-state index contributed by atoms with van der Waals surface area (Å²) >= 11 is 12.2. The molecule has 1 aromatic carbocycles. The molecule has 0 aliphatic rings. The first-order valence-electron chi connectivity index (χ1n) is 6.00. The molecule has 0 saturated carbocycles. The summed E-state index contributed by atoms with van der Waals surface area (Å²) in [5.74, 6) is 1.19. The van der Waals surface area contributed by atoms with Crippen LogP contribution in [0.15, 0.2) is 33.2 Å². The van der Waals surface area contributed by atoms with E-state index >= 15 is 0 Å². The molecule has 0 amide bonds. The number of benzene rings is 1. The van der Waals surface area contributed by atoms with Gasteiger partial charge in [0.25, 0.3) is 0 Å². The van der Waals surface area contributed by atoms with E-state index in [1.54, 1.807) is 12.1 Å². The third-order valence-corrected chi connectivity index (χ3v) is 3.26. The van der Waals surface area contributed by atoms with Crippen molar-refractivity contribution in [3.63, 3.8) is 0 Å². The van der Waals surface area contributed by atoms with Crippen LogP contribution in [0.25, 0.3) is 0 Å². The molecule has 2 N–H and O–H groups in total. The standard InChI is InChI=1S/C8H8Br2ClNO.C6H13N/c9-6-3-5(12)4-7(10)8(6)13-2-1-11;1-6(2)5-7(3)4/h3-4H,1-2,12H2;1,5H2,2-4H3. The van der Waals surface area contributed by atoms with Crippen molar-refractivity contribution in [3.8, 4) is 5.75 Å². The highest BCUT2D eigenvalue weighted by Crippen LogP contribution is 2.35. The minimum absolute atomic E-state index is 0.462. The molecule has 114 valence electrons. The Balaban J connectivity index is 0.000000441. The maximum Gasteiger partial charge on any atom is 0.147 e. The quantitative estimate of drug-likeness (QED) is 0.425. The van der Waals surface area contributed by atoms with Crippen LogP contribution in [0.1, 0.15) is 6.92 Å². The van der Waals surface area contributed by atoms with Gasteiger partial charge in [-0.2, -0.15) is 0 Å². The van der Waals surface area contributed by atoms with Gasteiger partial charge in [0.2, 0.25) is 0 Å². The van der Waals surface area contributed by atoms with E-state index in [4.69, 9.17) is 22.1 Å². The van der Waals surface area contributed by atoms with Gasteiger partial charge < -0.3 is 15.4 Å². The zero-order valence-corrected chi connectivity index (χ0v) is 16.0. The monoisotopic (exact) mass is 426 g/mol. The summed E-state index contributed by atoms with van der Waals surface area (Å²) < 4.78 is 7.04. The molecule has 0 radical (unpaired) electrons. The summed E-state index contributed by atoms with van der Waals surface area (Å²) in [6.45, 7) is 7.26. The molecule has 0 unspecified atom stereocenters. The van der Waals surface area contributed by atoms with Crippen molar-refractivity contribution in [1.82, 2.24) is 4.90 Å². The van der Waals surface area contributed by atoms with Crippen molar-refractivity contribution < 1.29 is 4.74 Å². The molecule has 20 heavy (non-hydrogen) atoms. The second-order valence-corrected chi connectivity index (χ2v) is 6.63. The Labute approximate surface area is 143 Å². The Morgan fingerprint density at radius 1 is 1.35 bits per heavy atom. The van der Waals surface area contributed by atoms with Gasteiger partial charge in [-0.15, -0.1) is 11.6 Å². The van der Waals surface area contributed by atoms with Crippen LogP contribution in [-0.4, -0.2) is 38.0 Å². The fourth-order valence-corrected chi connectivity index (χ4v) is 2.93. The Hall–Kier alpha value is -0.230. The van der Waals surface area contributed by atoms with Gasteiger partial charge in [-0.3, -0.25) is 0 Å². The van der Waals surface area contributed by atoms with Gasteiger partial charge in [0.1, 0.15) is 12.4 Å². The molecule has 3 nitrogen and oxygen atoms in total. The summed E-state index contributed by atoms with van der Waals surface area (Å²) in [5.41, 5.74) is 7.51. The lowest BCUT2D eigenvalue weighted by atomic mass is 10.3. The lowest BCUT2D eigenvalue weighted by Crippen LogP contribution is -2.12. The molecule has 0 spiro atoms. The highest BCUT2D eigenvalue weighted by atomic mass is 79.9. The molecule has 0 fully saturated rings. The van der Waals surface area contributed by atoms with Gasteiger partial charge in [-0.25, -0.2) is 0 Å². The van der Waals surface area contributed by atoms with Crippen molar-refractivity contribution in [2.45, 2.75) is 6.92 Å². The van der Waals surface area contributed by atoms with E-state index in [9.17, 15) is 0 Å². The molecule has 0 saturated heterocycles. The van der Waals surface area contributed by atoms with Crippen LogP contribution in [0.4, 0.5) is 5.69 Å². The molecule has 6 heteroatoms. The van der Waals surface area contributed by atoms with Crippen molar-refractivity contribution in [2.24, 2.45) is 0 Å². The zero-order valence-electron chi connectivity index (χ0n) is 12.0. The summed E-state index contributed by atoms with van der Waals surface area (Å²) in [7, 11) is 4.07. The van der Waals surface area contributed by atoms with Crippen LogP contribution in [0.5, 0.6) is 5.75 Å². The SMILES string of the molecule is C=C(C)CN(C)C.Nc1cc(Br)c(OCCCl)c(Br)c1. The number of alkyl halides is 1. The van der Waals surface area contributed by atoms with Crippen LogP contribution < -0.4 is 10.5 Å². The second kappa shape index (κ2) is 10.5. The number of ether oxygens (including phenoxy) is 1. The lowest BCUT2D eigenvalue weighted by Gasteiger charge is -2.09. The third kappa shape index (κ3) is 8.84. The molecule has 0 aromatic heterocycles. The number of nitrogens with two attached hydrogens (primary N) is 1. The first-order chi connectivity index (χ1) is 9.27. The van der Waals surface area contributed by atoms with Gasteiger partial charge in [0.05, 0.1) is 14.8 Å². The number of nitrogen functional groups attached to an aromatic ring is 1. The van der Waals surface area contributed by atoms with Gasteiger partial charge in [0, 0.05) is 12.2 Å². The zero-order chi connectivity index (χ0) is 15.7. The molecule has 0 heterocycles. The predicted octanol–water partition coefficient (Wildman–Crippen LogP) is 4.54. The number of hydrogen-bond donors (Lipinski definition) is 1. The predicted molar refractivity (Wildman–Crippen MR) is 95.8 cm³/mol. The Bertz CT molecular complexity index is 416. The highest BCUT2D eigenvalue weighted by molar-refractivity contribution is 9.11. The lowest BCUT2D eigenvalue weighted by molar-refractivity contribution is 0.338. The molecule has 0 aliphatic carbocycles. The van der Waals surface area contributed by atoms with Crippen molar-refractivity contribution >= 4 is 49.1 Å². The van der Waals surface area contributed by atoms with E-state index in [0.29, 0.717) is 18.2 Å². The number of halogens is 3. The van der Waals surface area contributed by atoms with Crippen molar-refractivity contribution in [1.29, 1.82) is 0 Å². The number of nitrogens with zero attached hydrogens (tertiary/aromatic N) is 1. The molecule has 0 aliphatic heterocycles. The Morgan fingerprint density at radius 2 is 1.85 bits per heavy atom. The molecular formula is C14H21Br2ClN2O. The number of anilines is 1. The van der Waals surface area contributed by atoms with Crippen molar-refractivity contribution in [3.05, 3.63) is 33.2 Å². The van der Waals surface area contributed by atoms with E-state index in [0.717, 1.165) is 21.2 Å². The van der Waals surface area contributed by atoms with Crippen LogP contribution >= 0.6 is 43.5 Å². The van der Waals surface area contributed by atoms with E-state index in [1.165, 1.54) is 5.57 Å². The van der Waals surface area contributed by atoms with Crippen molar-refractivity contribution in [2.75, 3.05) is 38.9 Å². The van der Waals surface area contributed by atoms with Gasteiger partial charge in [0.15, 0.2) is 0 Å². The van der Waals surface area contributed by atoms with Gasteiger partial charge in [-0.05, 0) is 65.0 Å².